The SMILES string of the molecule is O=C(Nc1nc2ccc([N+](=O)[O-])cc2s1)c1ccc(OC(F)(F)F)cc1. The number of hydrogen-bond donors (Lipinski definition) is 1. The van der Waals surface area contributed by atoms with Crippen LogP contribution in [0, 0.1) is 10.1 Å². The highest BCUT2D eigenvalue weighted by Crippen LogP contribution is 2.29. The lowest BCUT2D eigenvalue weighted by Gasteiger charge is -2.09. The average Bonchev–Trinajstić information content (AvgIpc) is 2.95. The first kappa shape index (κ1) is 17.6. The maximum atomic E-state index is 12.1. The maximum absolute atomic E-state index is 12.1. The van der Waals surface area contributed by atoms with Gasteiger partial charge in [-0.15, -0.1) is 13.2 Å². The first-order chi connectivity index (χ1) is 12.2. The third-order valence-electron chi connectivity index (χ3n) is 3.15. The molecule has 0 aliphatic rings. The molecule has 7 nitrogen and oxygen atoms in total. The molecule has 0 fully saturated rings. The van der Waals surface area contributed by atoms with E-state index in [4.69, 9.17) is 0 Å². The molecule has 0 spiro atoms. The summed E-state index contributed by atoms with van der Waals surface area (Å²) in [4.78, 5) is 26.5. The molecule has 0 radical (unpaired) electrons. The van der Waals surface area contributed by atoms with Crippen LogP contribution in [0.15, 0.2) is 42.5 Å². The monoisotopic (exact) mass is 383 g/mol. The Balaban J connectivity index is 1.75. The van der Waals surface area contributed by atoms with Crippen LogP contribution in [0.4, 0.5) is 24.0 Å². The normalized spacial score (nSPS) is 11.3. The minimum atomic E-state index is -4.81. The third kappa shape index (κ3) is 4.06. The van der Waals surface area contributed by atoms with Crippen molar-refractivity contribution in [2.75, 3.05) is 5.32 Å². The highest BCUT2D eigenvalue weighted by molar-refractivity contribution is 7.22. The van der Waals surface area contributed by atoms with E-state index < -0.39 is 22.9 Å². The number of amides is 1. The summed E-state index contributed by atoms with van der Waals surface area (Å²) in [5.74, 6) is -1.03. The van der Waals surface area contributed by atoms with E-state index in [0.717, 1.165) is 23.5 Å². The summed E-state index contributed by atoms with van der Waals surface area (Å²) in [6, 6.07) is 8.49. The number of nitro benzene ring substituents is 1. The fourth-order valence-corrected chi connectivity index (χ4v) is 2.95. The number of aromatic nitrogens is 1. The summed E-state index contributed by atoms with van der Waals surface area (Å²) in [6.45, 7) is 0. The molecule has 2 aromatic carbocycles. The van der Waals surface area contributed by atoms with Gasteiger partial charge in [0.1, 0.15) is 5.75 Å². The molecule has 3 aromatic rings. The number of nitro groups is 1. The zero-order valence-electron chi connectivity index (χ0n) is 12.6. The Hall–Kier alpha value is -3.21. The Bertz CT molecular complexity index is 986. The topological polar surface area (TPSA) is 94.4 Å². The number of carbonyl (C=O) groups excluding carboxylic acids is 1. The standard InChI is InChI=1S/C15H8F3N3O4S/c16-15(17,18)25-10-4-1-8(2-5-10)13(22)20-14-19-11-6-3-9(21(23)24)7-12(11)26-14/h1-7H,(H,19,20,22). The lowest BCUT2D eigenvalue weighted by atomic mass is 10.2. The van der Waals surface area contributed by atoms with E-state index in [1.807, 2.05) is 0 Å². The molecule has 0 aliphatic heterocycles. The highest BCUT2D eigenvalue weighted by Gasteiger charge is 2.31. The summed E-state index contributed by atoms with van der Waals surface area (Å²) in [7, 11) is 0. The Labute approximate surface area is 147 Å². The van der Waals surface area contributed by atoms with E-state index in [1.165, 1.54) is 30.3 Å². The summed E-state index contributed by atoms with van der Waals surface area (Å²) >= 11 is 1.04. The molecule has 1 heterocycles. The number of hydrogen-bond acceptors (Lipinski definition) is 6. The second-order valence-electron chi connectivity index (χ2n) is 4.95. The predicted molar refractivity (Wildman–Crippen MR) is 87.4 cm³/mol. The molecule has 1 amide bonds. The van der Waals surface area contributed by atoms with Gasteiger partial charge in [-0.1, -0.05) is 11.3 Å². The highest BCUT2D eigenvalue weighted by atomic mass is 32.1. The van der Waals surface area contributed by atoms with Crippen LogP contribution in [0.3, 0.4) is 0 Å². The Kier molecular flexibility index (Phi) is 4.47. The van der Waals surface area contributed by atoms with E-state index >= 15 is 0 Å². The van der Waals surface area contributed by atoms with Gasteiger partial charge in [-0.2, -0.15) is 0 Å². The van der Waals surface area contributed by atoms with Gasteiger partial charge in [-0.05, 0) is 30.3 Å². The molecular formula is C15H8F3N3O4S. The first-order valence-corrected chi connectivity index (χ1v) is 7.75. The number of thiazole rings is 1. The number of nitrogens with one attached hydrogen (secondary N) is 1. The lowest BCUT2D eigenvalue weighted by Crippen LogP contribution is -2.17. The number of rotatable bonds is 4. The molecule has 3 rings (SSSR count). The molecule has 26 heavy (non-hydrogen) atoms. The quantitative estimate of drug-likeness (QED) is 0.534. The number of non-ortho nitro benzene ring substituents is 1. The van der Waals surface area contributed by atoms with Gasteiger partial charge in [0.05, 0.1) is 15.1 Å². The van der Waals surface area contributed by atoms with Gasteiger partial charge in [0.2, 0.25) is 0 Å². The second kappa shape index (κ2) is 6.59. The molecule has 0 bridgehead atoms. The summed E-state index contributed by atoms with van der Waals surface area (Å²) in [6.07, 6.45) is -4.81. The number of benzene rings is 2. The van der Waals surface area contributed by atoms with Crippen LogP contribution in [0.1, 0.15) is 10.4 Å². The second-order valence-corrected chi connectivity index (χ2v) is 5.99. The van der Waals surface area contributed by atoms with Crippen molar-refractivity contribution in [3.05, 3.63) is 58.1 Å². The molecule has 0 atom stereocenters. The predicted octanol–water partition coefficient (Wildman–Crippen LogP) is 4.36. The van der Waals surface area contributed by atoms with Crippen molar-refractivity contribution in [1.29, 1.82) is 0 Å². The van der Waals surface area contributed by atoms with Gasteiger partial charge < -0.3 is 4.74 Å². The van der Waals surface area contributed by atoms with E-state index in [2.05, 4.69) is 15.0 Å². The first-order valence-electron chi connectivity index (χ1n) is 6.93. The minimum Gasteiger partial charge on any atom is -0.406 e. The van der Waals surface area contributed by atoms with Crippen molar-refractivity contribution in [3.63, 3.8) is 0 Å². The van der Waals surface area contributed by atoms with Crippen molar-refractivity contribution in [2.45, 2.75) is 6.36 Å². The van der Waals surface area contributed by atoms with Crippen LogP contribution < -0.4 is 10.1 Å². The van der Waals surface area contributed by atoms with Crippen LogP contribution in [-0.4, -0.2) is 22.2 Å². The van der Waals surface area contributed by atoms with Gasteiger partial charge >= 0.3 is 6.36 Å². The molecule has 11 heteroatoms. The lowest BCUT2D eigenvalue weighted by molar-refractivity contribution is -0.384. The van der Waals surface area contributed by atoms with E-state index in [-0.39, 0.29) is 16.4 Å². The Morgan fingerprint density at radius 3 is 2.50 bits per heavy atom. The van der Waals surface area contributed by atoms with Crippen LogP contribution in [0.25, 0.3) is 10.2 Å². The average molecular weight is 383 g/mol. The molecule has 1 N–H and O–H groups in total. The number of alkyl halides is 3. The van der Waals surface area contributed by atoms with Crippen LogP contribution in [0.2, 0.25) is 0 Å². The Morgan fingerprint density at radius 1 is 1.19 bits per heavy atom. The maximum Gasteiger partial charge on any atom is 0.573 e. The van der Waals surface area contributed by atoms with Gasteiger partial charge in [0, 0.05) is 17.7 Å². The van der Waals surface area contributed by atoms with Gasteiger partial charge in [-0.25, -0.2) is 4.98 Å². The number of carbonyl (C=O) groups is 1. The van der Waals surface area contributed by atoms with Gasteiger partial charge in [0.15, 0.2) is 5.13 Å². The van der Waals surface area contributed by atoms with Crippen molar-refractivity contribution >= 4 is 38.3 Å². The minimum absolute atomic E-state index is 0.0979. The van der Waals surface area contributed by atoms with Crippen molar-refractivity contribution in [1.82, 2.24) is 4.98 Å². The van der Waals surface area contributed by atoms with Crippen molar-refractivity contribution in [2.24, 2.45) is 0 Å². The van der Waals surface area contributed by atoms with Crippen LogP contribution in [0.5, 0.6) is 5.75 Å². The number of nitrogens with zero attached hydrogens (tertiary/aromatic N) is 2. The summed E-state index contributed by atoms with van der Waals surface area (Å²) in [5, 5.41) is 13.5. The zero-order chi connectivity index (χ0) is 18.9. The molecular weight excluding hydrogens is 375 g/mol. The van der Waals surface area contributed by atoms with E-state index in [9.17, 15) is 28.1 Å². The number of fused-ring (bicyclic) bond motifs is 1. The number of ether oxygens (including phenoxy) is 1. The largest absolute Gasteiger partial charge is 0.573 e. The third-order valence-corrected chi connectivity index (χ3v) is 4.09. The van der Waals surface area contributed by atoms with Crippen LogP contribution in [-0.2, 0) is 0 Å². The molecule has 134 valence electrons. The Morgan fingerprint density at radius 2 is 1.88 bits per heavy atom. The van der Waals surface area contributed by atoms with Crippen molar-refractivity contribution < 1.29 is 27.6 Å². The smallest absolute Gasteiger partial charge is 0.406 e. The van der Waals surface area contributed by atoms with Crippen LogP contribution >= 0.6 is 11.3 Å². The van der Waals surface area contributed by atoms with E-state index in [0.29, 0.717) is 10.2 Å². The molecule has 0 saturated carbocycles. The fourth-order valence-electron chi connectivity index (χ4n) is 2.06. The van der Waals surface area contributed by atoms with Crippen molar-refractivity contribution in [3.8, 4) is 5.75 Å². The summed E-state index contributed by atoms with van der Waals surface area (Å²) < 4.78 is 40.6. The number of halogens is 3. The zero-order valence-corrected chi connectivity index (χ0v) is 13.4. The van der Waals surface area contributed by atoms with E-state index in [1.54, 1.807) is 0 Å². The number of anilines is 1. The summed E-state index contributed by atoms with van der Waals surface area (Å²) in [5.41, 5.74) is 0.480. The molecule has 1 aromatic heterocycles. The van der Waals surface area contributed by atoms with Gasteiger partial charge in [0.25, 0.3) is 11.6 Å². The molecule has 0 aliphatic carbocycles. The molecule has 0 unspecified atom stereocenters. The fraction of sp³-hybridized carbons (Fsp3) is 0.0667. The van der Waals surface area contributed by atoms with Gasteiger partial charge in [-0.3, -0.25) is 20.2 Å². The molecule has 0 saturated heterocycles.